The van der Waals surface area contributed by atoms with Crippen molar-refractivity contribution in [1.82, 2.24) is 14.8 Å². The minimum absolute atomic E-state index is 0.0966. The van der Waals surface area contributed by atoms with Crippen LogP contribution in [0, 0.1) is 0 Å². The van der Waals surface area contributed by atoms with E-state index in [9.17, 15) is 35.9 Å². The Hall–Kier alpha value is -3.50. The van der Waals surface area contributed by atoms with Crippen molar-refractivity contribution in [2.24, 2.45) is 0 Å². The number of carbonyl (C=O) groups is 2. The van der Waals surface area contributed by atoms with Gasteiger partial charge in [-0.15, -0.1) is 0 Å². The van der Waals surface area contributed by atoms with Gasteiger partial charge in [0.25, 0.3) is 11.8 Å². The molecule has 0 saturated carbocycles. The zero-order valence-electron chi connectivity index (χ0n) is 16.9. The van der Waals surface area contributed by atoms with Gasteiger partial charge in [-0.3, -0.25) is 9.59 Å². The van der Waals surface area contributed by atoms with E-state index in [1.165, 1.54) is 28.0 Å². The Morgan fingerprint density at radius 2 is 1.30 bits per heavy atom. The molecule has 1 aliphatic rings. The molecule has 0 atom stereocenters. The van der Waals surface area contributed by atoms with Gasteiger partial charge in [0.05, 0.1) is 11.1 Å². The molecule has 4 rings (SSSR count). The lowest BCUT2D eigenvalue weighted by Crippen LogP contribution is -2.50. The average molecular weight is 469 g/mol. The van der Waals surface area contributed by atoms with Gasteiger partial charge in [0.1, 0.15) is 5.69 Å². The molecule has 0 bridgehead atoms. The summed E-state index contributed by atoms with van der Waals surface area (Å²) in [6.07, 6.45) is -9.07. The van der Waals surface area contributed by atoms with Crippen molar-refractivity contribution in [2.75, 3.05) is 26.2 Å². The predicted molar refractivity (Wildman–Crippen MR) is 107 cm³/mol. The zero-order valence-corrected chi connectivity index (χ0v) is 16.9. The fourth-order valence-electron chi connectivity index (χ4n) is 3.72. The minimum atomic E-state index is -4.57. The van der Waals surface area contributed by atoms with Gasteiger partial charge in [-0.2, -0.15) is 26.3 Å². The van der Waals surface area contributed by atoms with Crippen molar-refractivity contribution in [1.29, 1.82) is 0 Å². The molecule has 1 saturated heterocycles. The summed E-state index contributed by atoms with van der Waals surface area (Å²) in [5, 5.41) is 0.242. The van der Waals surface area contributed by atoms with Gasteiger partial charge in [0, 0.05) is 42.6 Å². The van der Waals surface area contributed by atoms with Crippen LogP contribution in [0.25, 0.3) is 10.9 Å². The fraction of sp³-hybridized carbons (Fsp3) is 0.273. The first-order chi connectivity index (χ1) is 15.4. The largest absolute Gasteiger partial charge is 0.416 e. The van der Waals surface area contributed by atoms with Gasteiger partial charge in [-0.05, 0) is 42.5 Å². The van der Waals surface area contributed by atoms with Gasteiger partial charge < -0.3 is 14.8 Å². The van der Waals surface area contributed by atoms with E-state index in [1.807, 2.05) is 0 Å². The number of aromatic amines is 1. The maximum absolute atomic E-state index is 12.9. The molecule has 2 heterocycles. The first-order valence-corrected chi connectivity index (χ1v) is 9.89. The fourth-order valence-corrected chi connectivity index (χ4v) is 3.72. The molecule has 2 amide bonds. The maximum Gasteiger partial charge on any atom is 0.416 e. The molecule has 0 aliphatic carbocycles. The van der Waals surface area contributed by atoms with Crippen LogP contribution in [-0.2, 0) is 12.4 Å². The van der Waals surface area contributed by atoms with E-state index in [0.29, 0.717) is 5.52 Å². The van der Waals surface area contributed by atoms with Crippen molar-refractivity contribution in [3.63, 3.8) is 0 Å². The van der Waals surface area contributed by atoms with Crippen molar-refractivity contribution in [3.8, 4) is 0 Å². The number of benzene rings is 2. The molecule has 1 aliphatic heterocycles. The second-order valence-corrected chi connectivity index (χ2v) is 7.65. The molecular weight excluding hydrogens is 452 g/mol. The van der Waals surface area contributed by atoms with Crippen molar-refractivity contribution >= 4 is 22.7 Å². The Morgan fingerprint density at radius 1 is 0.727 bits per heavy atom. The molecule has 2 aromatic carbocycles. The third-order valence-electron chi connectivity index (χ3n) is 5.47. The molecule has 11 heteroatoms. The van der Waals surface area contributed by atoms with Crippen molar-refractivity contribution in [3.05, 3.63) is 70.9 Å². The Bertz CT molecular complexity index is 1210. The number of nitrogens with one attached hydrogen (secondary N) is 1. The van der Waals surface area contributed by atoms with E-state index in [-0.39, 0.29) is 42.8 Å². The molecule has 0 unspecified atom stereocenters. The topological polar surface area (TPSA) is 56.4 Å². The Morgan fingerprint density at radius 3 is 1.91 bits per heavy atom. The molecule has 1 fully saturated rings. The number of piperazine rings is 1. The van der Waals surface area contributed by atoms with E-state index in [2.05, 4.69) is 4.98 Å². The van der Waals surface area contributed by atoms with Gasteiger partial charge in [0.2, 0.25) is 0 Å². The molecule has 174 valence electrons. The highest BCUT2D eigenvalue weighted by Gasteiger charge is 2.33. The number of rotatable bonds is 2. The molecule has 33 heavy (non-hydrogen) atoms. The van der Waals surface area contributed by atoms with E-state index >= 15 is 0 Å². The molecule has 5 nitrogen and oxygen atoms in total. The molecule has 3 aromatic rings. The summed E-state index contributed by atoms with van der Waals surface area (Å²) in [6, 6.07) is 8.60. The average Bonchev–Trinajstić information content (AvgIpc) is 3.20. The van der Waals surface area contributed by atoms with Crippen molar-refractivity contribution < 1.29 is 35.9 Å². The van der Waals surface area contributed by atoms with Gasteiger partial charge in [-0.1, -0.05) is 6.07 Å². The smallest absolute Gasteiger partial charge is 0.351 e. The SMILES string of the molecule is O=C(c1cccc(C(F)(F)F)c1)N1CCN(C(=O)c2cc3cc(C(F)(F)F)ccc3[nH]2)CC1. The summed E-state index contributed by atoms with van der Waals surface area (Å²) < 4.78 is 77.4. The number of nitrogens with zero attached hydrogens (tertiary/aromatic N) is 2. The van der Waals surface area contributed by atoms with Gasteiger partial charge >= 0.3 is 12.4 Å². The van der Waals surface area contributed by atoms with Crippen LogP contribution in [0.3, 0.4) is 0 Å². The number of hydrogen-bond acceptors (Lipinski definition) is 2. The van der Waals surface area contributed by atoms with Crippen LogP contribution < -0.4 is 0 Å². The van der Waals surface area contributed by atoms with Crippen LogP contribution in [0.15, 0.2) is 48.5 Å². The van der Waals surface area contributed by atoms with E-state index in [4.69, 9.17) is 0 Å². The molecule has 1 N–H and O–H groups in total. The quantitative estimate of drug-likeness (QED) is 0.548. The maximum atomic E-state index is 12.9. The van der Waals surface area contributed by atoms with Crippen LogP contribution in [0.5, 0.6) is 0 Å². The molecule has 0 spiro atoms. The van der Waals surface area contributed by atoms with E-state index in [1.54, 1.807) is 0 Å². The summed E-state index contributed by atoms with van der Waals surface area (Å²) in [5.41, 5.74) is -1.35. The molecule has 1 aromatic heterocycles. The first kappa shape index (κ1) is 22.7. The molecular formula is C22H17F6N3O2. The summed E-state index contributed by atoms with van der Waals surface area (Å²) >= 11 is 0. The second kappa shape index (κ2) is 8.13. The van der Waals surface area contributed by atoms with Crippen LogP contribution in [-0.4, -0.2) is 52.8 Å². The highest BCUT2D eigenvalue weighted by molar-refractivity contribution is 5.98. The van der Waals surface area contributed by atoms with Crippen LogP contribution in [0.1, 0.15) is 32.0 Å². The van der Waals surface area contributed by atoms with Crippen molar-refractivity contribution in [2.45, 2.75) is 12.4 Å². The summed E-state index contributed by atoms with van der Waals surface area (Å²) in [6.45, 7) is 0.484. The Labute approximate surface area is 183 Å². The first-order valence-electron chi connectivity index (χ1n) is 9.89. The molecule has 0 radical (unpaired) electrons. The number of H-pyrrole nitrogens is 1. The highest BCUT2D eigenvalue weighted by atomic mass is 19.4. The third-order valence-corrected chi connectivity index (χ3v) is 5.47. The van der Waals surface area contributed by atoms with Crippen LogP contribution in [0.2, 0.25) is 0 Å². The minimum Gasteiger partial charge on any atom is -0.351 e. The number of amides is 2. The third kappa shape index (κ3) is 4.67. The monoisotopic (exact) mass is 469 g/mol. The Kier molecular flexibility index (Phi) is 5.59. The van der Waals surface area contributed by atoms with E-state index in [0.717, 1.165) is 30.3 Å². The standard InChI is InChI=1S/C22H17F6N3O2/c23-21(24,25)15-3-1-2-13(10-15)19(32)30-6-8-31(9-7-30)20(33)18-12-14-11-16(22(26,27)28)4-5-17(14)29-18/h1-5,10-12,29H,6-9H2. The van der Waals surface area contributed by atoms with Crippen LogP contribution >= 0.6 is 0 Å². The Balaban J connectivity index is 1.43. The number of halogens is 6. The number of fused-ring (bicyclic) bond motifs is 1. The predicted octanol–water partition coefficient (Wildman–Crippen LogP) is 4.80. The van der Waals surface area contributed by atoms with Gasteiger partial charge in [-0.25, -0.2) is 0 Å². The summed E-state index contributed by atoms with van der Waals surface area (Å²) in [7, 11) is 0. The van der Waals surface area contributed by atoms with Crippen LogP contribution in [0.4, 0.5) is 26.3 Å². The summed E-state index contributed by atoms with van der Waals surface area (Å²) in [4.78, 5) is 31.0. The lowest BCUT2D eigenvalue weighted by molar-refractivity contribution is -0.138. The zero-order chi connectivity index (χ0) is 24.0. The second-order valence-electron chi connectivity index (χ2n) is 7.65. The number of alkyl halides is 6. The lowest BCUT2D eigenvalue weighted by atomic mass is 10.1. The number of aromatic nitrogens is 1. The van der Waals surface area contributed by atoms with Gasteiger partial charge in [0.15, 0.2) is 0 Å². The normalized spacial score (nSPS) is 15.2. The lowest BCUT2D eigenvalue weighted by Gasteiger charge is -2.34. The number of carbonyl (C=O) groups excluding carboxylic acids is 2. The summed E-state index contributed by atoms with van der Waals surface area (Å²) in [5.74, 6) is -1.01. The van der Waals surface area contributed by atoms with E-state index < -0.39 is 35.3 Å². The number of hydrogen-bond donors (Lipinski definition) is 1. The highest BCUT2D eigenvalue weighted by Crippen LogP contribution is 2.32.